The van der Waals surface area contributed by atoms with E-state index in [1.54, 1.807) is 11.9 Å². The second-order valence-corrected chi connectivity index (χ2v) is 5.96. The maximum atomic E-state index is 12.3. The molecule has 0 saturated carbocycles. The molecule has 104 valence electrons. The lowest BCUT2D eigenvalue weighted by atomic mass is 9.99. The SMILES string of the molecule is CC1CCN(C(=O)N(C)CC2(O)CCNC2)CC1. The van der Waals surface area contributed by atoms with Crippen LogP contribution in [0.15, 0.2) is 0 Å². The number of nitrogens with zero attached hydrogens (tertiary/aromatic N) is 2. The zero-order valence-electron chi connectivity index (χ0n) is 11.5. The fourth-order valence-corrected chi connectivity index (χ4v) is 2.82. The summed E-state index contributed by atoms with van der Waals surface area (Å²) in [5.74, 6) is 0.725. The summed E-state index contributed by atoms with van der Waals surface area (Å²) in [7, 11) is 1.79. The van der Waals surface area contributed by atoms with E-state index in [4.69, 9.17) is 0 Å². The van der Waals surface area contributed by atoms with Crippen LogP contribution in [-0.4, -0.2) is 66.3 Å². The Morgan fingerprint density at radius 3 is 2.72 bits per heavy atom. The molecule has 2 aliphatic rings. The summed E-state index contributed by atoms with van der Waals surface area (Å²) < 4.78 is 0. The molecule has 2 amide bonds. The van der Waals surface area contributed by atoms with Crippen LogP contribution in [0.2, 0.25) is 0 Å². The van der Waals surface area contributed by atoms with E-state index in [1.807, 2.05) is 4.90 Å². The second-order valence-electron chi connectivity index (χ2n) is 5.96. The molecule has 1 unspecified atom stereocenters. The van der Waals surface area contributed by atoms with Crippen molar-refractivity contribution in [2.24, 2.45) is 5.92 Å². The first-order valence-electron chi connectivity index (χ1n) is 6.93. The lowest BCUT2D eigenvalue weighted by Crippen LogP contribution is -2.51. The first-order valence-corrected chi connectivity index (χ1v) is 6.93. The molecule has 18 heavy (non-hydrogen) atoms. The van der Waals surface area contributed by atoms with E-state index in [2.05, 4.69) is 12.2 Å². The molecular weight excluding hydrogens is 230 g/mol. The Kier molecular flexibility index (Phi) is 4.12. The van der Waals surface area contributed by atoms with Crippen LogP contribution in [0, 0.1) is 5.92 Å². The number of piperidine rings is 1. The first-order chi connectivity index (χ1) is 8.50. The molecule has 5 nitrogen and oxygen atoms in total. The molecule has 2 aliphatic heterocycles. The van der Waals surface area contributed by atoms with Crippen LogP contribution in [0.25, 0.3) is 0 Å². The van der Waals surface area contributed by atoms with Gasteiger partial charge in [-0.1, -0.05) is 6.92 Å². The molecule has 0 radical (unpaired) electrons. The number of hydrogen-bond donors (Lipinski definition) is 2. The number of likely N-dealkylation sites (tertiary alicyclic amines) is 1. The number of urea groups is 1. The summed E-state index contributed by atoms with van der Waals surface area (Å²) in [6, 6.07) is 0.0576. The van der Waals surface area contributed by atoms with Gasteiger partial charge in [-0.05, 0) is 31.7 Å². The topological polar surface area (TPSA) is 55.8 Å². The lowest BCUT2D eigenvalue weighted by Gasteiger charge is -2.35. The Balaban J connectivity index is 1.84. The zero-order valence-corrected chi connectivity index (χ0v) is 11.5. The second kappa shape index (κ2) is 5.45. The smallest absolute Gasteiger partial charge is 0.319 e. The molecule has 5 heteroatoms. The van der Waals surface area contributed by atoms with Gasteiger partial charge in [-0.2, -0.15) is 0 Å². The van der Waals surface area contributed by atoms with Crippen molar-refractivity contribution < 1.29 is 9.90 Å². The average Bonchev–Trinajstić information content (AvgIpc) is 2.76. The van der Waals surface area contributed by atoms with Crippen molar-refractivity contribution in [1.82, 2.24) is 15.1 Å². The van der Waals surface area contributed by atoms with Gasteiger partial charge in [0.25, 0.3) is 0 Å². The number of carbonyl (C=O) groups excluding carboxylic acids is 1. The number of β-amino-alcohol motifs (C(OH)–C–C–N with tert-alkyl or cyclic N) is 1. The first kappa shape index (κ1) is 13.6. The molecule has 0 aromatic heterocycles. The fourth-order valence-electron chi connectivity index (χ4n) is 2.82. The van der Waals surface area contributed by atoms with Gasteiger partial charge < -0.3 is 20.2 Å². The van der Waals surface area contributed by atoms with Gasteiger partial charge in [0.05, 0.1) is 12.1 Å². The number of amides is 2. The van der Waals surface area contributed by atoms with Crippen LogP contribution in [0.1, 0.15) is 26.2 Å². The maximum Gasteiger partial charge on any atom is 0.319 e. The summed E-state index contributed by atoms with van der Waals surface area (Å²) in [4.78, 5) is 15.8. The lowest BCUT2D eigenvalue weighted by molar-refractivity contribution is 0.0305. The van der Waals surface area contributed by atoms with Gasteiger partial charge in [0.2, 0.25) is 0 Å². The fraction of sp³-hybridized carbons (Fsp3) is 0.923. The van der Waals surface area contributed by atoms with E-state index in [-0.39, 0.29) is 6.03 Å². The van der Waals surface area contributed by atoms with E-state index < -0.39 is 5.60 Å². The third kappa shape index (κ3) is 3.14. The Morgan fingerprint density at radius 1 is 1.50 bits per heavy atom. The summed E-state index contributed by atoms with van der Waals surface area (Å²) in [5.41, 5.74) is -0.743. The highest BCUT2D eigenvalue weighted by atomic mass is 16.3. The zero-order chi connectivity index (χ0) is 13.2. The van der Waals surface area contributed by atoms with Crippen molar-refractivity contribution in [2.45, 2.75) is 31.8 Å². The largest absolute Gasteiger partial charge is 0.387 e. The molecule has 2 fully saturated rings. The van der Waals surface area contributed by atoms with Gasteiger partial charge in [0.1, 0.15) is 0 Å². The van der Waals surface area contributed by atoms with Crippen molar-refractivity contribution in [1.29, 1.82) is 0 Å². The number of rotatable bonds is 2. The van der Waals surface area contributed by atoms with E-state index >= 15 is 0 Å². The molecule has 2 N–H and O–H groups in total. The Bertz CT molecular complexity index is 295. The molecule has 0 aliphatic carbocycles. The van der Waals surface area contributed by atoms with Crippen LogP contribution >= 0.6 is 0 Å². The molecule has 2 heterocycles. The van der Waals surface area contributed by atoms with Crippen molar-refractivity contribution in [3.63, 3.8) is 0 Å². The number of likely N-dealkylation sites (N-methyl/N-ethyl adjacent to an activating group) is 1. The normalized spacial score (nSPS) is 29.6. The van der Waals surface area contributed by atoms with E-state index in [1.165, 1.54) is 0 Å². The van der Waals surface area contributed by atoms with Gasteiger partial charge in [-0.15, -0.1) is 0 Å². The summed E-state index contributed by atoms with van der Waals surface area (Å²) >= 11 is 0. The van der Waals surface area contributed by atoms with Crippen LogP contribution < -0.4 is 5.32 Å². The minimum atomic E-state index is -0.743. The number of aliphatic hydroxyl groups is 1. The maximum absolute atomic E-state index is 12.3. The van der Waals surface area contributed by atoms with E-state index in [0.717, 1.165) is 44.8 Å². The van der Waals surface area contributed by atoms with Crippen molar-refractivity contribution >= 4 is 6.03 Å². The third-order valence-corrected chi connectivity index (χ3v) is 4.13. The van der Waals surface area contributed by atoms with Crippen LogP contribution in [0.3, 0.4) is 0 Å². The Labute approximate surface area is 109 Å². The van der Waals surface area contributed by atoms with Crippen LogP contribution in [-0.2, 0) is 0 Å². The van der Waals surface area contributed by atoms with Crippen molar-refractivity contribution in [3.8, 4) is 0 Å². The van der Waals surface area contributed by atoms with Crippen molar-refractivity contribution in [3.05, 3.63) is 0 Å². The van der Waals surface area contributed by atoms with Gasteiger partial charge in [-0.3, -0.25) is 0 Å². The van der Waals surface area contributed by atoms with E-state index in [9.17, 15) is 9.90 Å². The van der Waals surface area contributed by atoms with Gasteiger partial charge in [0.15, 0.2) is 0 Å². The molecular formula is C13H25N3O2. The predicted molar refractivity (Wildman–Crippen MR) is 70.4 cm³/mol. The minimum absolute atomic E-state index is 0.0576. The highest BCUT2D eigenvalue weighted by Gasteiger charge is 2.34. The van der Waals surface area contributed by atoms with Crippen LogP contribution in [0.4, 0.5) is 4.79 Å². The number of carbonyl (C=O) groups is 1. The van der Waals surface area contributed by atoms with E-state index in [0.29, 0.717) is 13.1 Å². The summed E-state index contributed by atoms with van der Waals surface area (Å²) in [5, 5.41) is 13.4. The van der Waals surface area contributed by atoms with Gasteiger partial charge >= 0.3 is 6.03 Å². The molecule has 0 bridgehead atoms. The third-order valence-electron chi connectivity index (χ3n) is 4.13. The molecule has 0 aromatic rings. The molecule has 0 spiro atoms. The molecule has 2 rings (SSSR count). The Morgan fingerprint density at radius 2 is 2.17 bits per heavy atom. The quantitative estimate of drug-likeness (QED) is 0.755. The van der Waals surface area contributed by atoms with Gasteiger partial charge in [0, 0.05) is 26.7 Å². The highest BCUT2D eigenvalue weighted by molar-refractivity contribution is 5.74. The minimum Gasteiger partial charge on any atom is -0.387 e. The number of hydrogen-bond acceptors (Lipinski definition) is 3. The molecule has 1 atom stereocenters. The Hall–Kier alpha value is -0.810. The highest BCUT2D eigenvalue weighted by Crippen LogP contribution is 2.19. The number of nitrogens with one attached hydrogen (secondary N) is 1. The monoisotopic (exact) mass is 255 g/mol. The summed E-state index contributed by atoms with van der Waals surface area (Å²) in [6.07, 6.45) is 2.90. The van der Waals surface area contributed by atoms with Gasteiger partial charge in [-0.25, -0.2) is 4.79 Å². The van der Waals surface area contributed by atoms with Crippen molar-refractivity contribution in [2.75, 3.05) is 39.8 Å². The summed E-state index contributed by atoms with van der Waals surface area (Å²) in [6.45, 7) is 5.77. The predicted octanol–water partition coefficient (Wildman–Crippen LogP) is 0.494. The van der Waals surface area contributed by atoms with Crippen LogP contribution in [0.5, 0.6) is 0 Å². The molecule has 2 saturated heterocycles. The average molecular weight is 255 g/mol. The molecule has 0 aromatic carbocycles. The standard InChI is InChI=1S/C13H25N3O2/c1-11-3-7-16(8-4-11)12(17)15(2)10-13(18)5-6-14-9-13/h11,14,18H,3-10H2,1-2H3.